The molecule has 1 aromatic carbocycles. The van der Waals surface area contributed by atoms with Gasteiger partial charge in [-0.25, -0.2) is 4.98 Å². The fraction of sp³-hybridized carbons (Fsp3) is 0.450. The third kappa shape index (κ3) is 4.10. The Morgan fingerprint density at radius 2 is 2.00 bits per heavy atom. The van der Waals surface area contributed by atoms with Crippen LogP contribution in [0.1, 0.15) is 22.4 Å². The van der Waals surface area contributed by atoms with Crippen molar-refractivity contribution in [2.24, 2.45) is 5.92 Å². The van der Waals surface area contributed by atoms with Crippen molar-refractivity contribution < 1.29 is 4.42 Å². The maximum absolute atomic E-state index is 6.10. The molecule has 6 nitrogen and oxygen atoms in total. The molecule has 0 bridgehead atoms. The molecule has 0 unspecified atom stereocenters. The van der Waals surface area contributed by atoms with Gasteiger partial charge < -0.3 is 9.32 Å². The second-order valence-corrected chi connectivity index (χ2v) is 8.43. The van der Waals surface area contributed by atoms with Crippen molar-refractivity contribution in [3.8, 4) is 11.5 Å². The van der Waals surface area contributed by atoms with Gasteiger partial charge in [-0.2, -0.15) is 0 Å². The van der Waals surface area contributed by atoms with E-state index in [1.165, 1.54) is 4.88 Å². The van der Waals surface area contributed by atoms with E-state index in [1.54, 1.807) is 11.3 Å². The van der Waals surface area contributed by atoms with Crippen LogP contribution in [0, 0.1) is 12.8 Å². The Kier molecular flexibility index (Phi) is 5.33. The average molecular weight is 384 g/mol. The highest BCUT2D eigenvalue weighted by Gasteiger charge is 2.37. The summed E-state index contributed by atoms with van der Waals surface area (Å²) in [5.41, 5.74) is 4.03. The number of thiazole rings is 1. The summed E-state index contributed by atoms with van der Waals surface area (Å²) in [6.07, 6.45) is 0. The van der Waals surface area contributed by atoms with Crippen LogP contribution >= 0.6 is 11.3 Å². The minimum Gasteiger partial charge on any atom is -0.420 e. The topological polar surface area (TPSA) is 58.3 Å². The van der Waals surface area contributed by atoms with Gasteiger partial charge in [-0.05, 0) is 39.1 Å². The van der Waals surface area contributed by atoms with Crippen LogP contribution in [0.4, 0.5) is 0 Å². The summed E-state index contributed by atoms with van der Waals surface area (Å²) in [7, 11) is 4.24. The Morgan fingerprint density at radius 1 is 1.19 bits per heavy atom. The number of aromatic nitrogens is 3. The first-order valence-electron chi connectivity index (χ1n) is 9.25. The van der Waals surface area contributed by atoms with Gasteiger partial charge in [-0.1, -0.05) is 18.2 Å². The minimum absolute atomic E-state index is 0.255. The summed E-state index contributed by atoms with van der Waals surface area (Å²) in [6, 6.07) is 9.97. The molecule has 1 fully saturated rings. The standard InChI is InChI=1S/C20H25N5OS/c1-14-18(27-13-21-14)12-25-10-16(9-24(2)3)17(11-25)20-23-22-19(26-20)15-7-5-4-6-8-15/h4-8,13,16-17H,9-12H2,1-3H3/t16-,17-/m0/s1. The van der Waals surface area contributed by atoms with Crippen LogP contribution in [0.2, 0.25) is 0 Å². The van der Waals surface area contributed by atoms with Gasteiger partial charge in [-0.15, -0.1) is 21.5 Å². The summed E-state index contributed by atoms with van der Waals surface area (Å²) < 4.78 is 6.10. The van der Waals surface area contributed by atoms with Crippen molar-refractivity contribution in [3.63, 3.8) is 0 Å². The smallest absolute Gasteiger partial charge is 0.247 e. The molecule has 1 aliphatic heterocycles. The minimum atomic E-state index is 0.255. The maximum Gasteiger partial charge on any atom is 0.247 e. The second kappa shape index (κ2) is 7.88. The molecule has 3 aromatic rings. The van der Waals surface area contributed by atoms with E-state index >= 15 is 0 Å². The van der Waals surface area contributed by atoms with Gasteiger partial charge in [0, 0.05) is 36.6 Å². The van der Waals surface area contributed by atoms with Gasteiger partial charge in [-0.3, -0.25) is 4.90 Å². The van der Waals surface area contributed by atoms with Crippen molar-refractivity contribution in [2.75, 3.05) is 33.7 Å². The molecule has 7 heteroatoms. The number of likely N-dealkylation sites (tertiary alicyclic amines) is 1. The summed E-state index contributed by atoms with van der Waals surface area (Å²) >= 11 is 1.74. The number of hydrogen-bond acceptors (Lipinski definition) is 7. The van der Waals surface area contributed by atoms with Gasteiger partial charge in [0.25, 0.3) is 0 Å². The highest BCUT2D eigenvalue weighted by Crippen LogP contribution is 2.35. The Bertz CT molecular complexity index is 875. The molecule has 3 heterocycles. The highest BCUT2D eigenvalue weighted by atomic mass is 32.1. The van der Waals surface area contributed by atoms with Crippen LogP contribution < -0.4 is 0 Å². The Balaban J connectivity index is 1.54. The molecule has 2 atom stereocenters. The van der Waals surface area contributed by atoms with E-state index in [1.807, 2.05) is 35.8 Å². The summed E-state index contributed by atoms with van der Waals surface area (Å²) in [6.45, 7) is 6.00. The lowest BCUT2D eigenvalue weighted by molar-refractivity contribution is 0.282. The van der Waals surface area contributed by atoms with Crippen LogP contribution in [0.5, 0.6) is 0 Å². The van der Waals surface area contributed by atoms with Crippen molar-refractivity contribution >= 4 is 11.3 Å². The first-order valence-corrected chi connectivity index (χ1v) is 10.1. The molecule has 0 spiro atoms. The molecule has 2 aromatic heterocycles. The molecule has 27 heavy (non-hydrogen) atoms. The van der Waals surface area contributed by atoms with Crippen LogP contribution in [0.15, 0.2) is 40.3 Å². The van der Waals surface area contributed by atoms with E-state index in [-0.39, 0.29) is 5.92 Å². The summed E-state index contributed by atoms with van der Waals surface area (Å²) in [5.74, 6) is 2.08. The fourth-order valence-electron chi connectivity index (χ4n) is 3.79. The monoisotopic (exact) mass is 383 g/mol. The van der Waals surface area contributed by atoms with E-state index in [9.17, 15) is 0 Å². The van der Waals surface area contributed by atoms with Crippen molar-refractivity contribution in [1.82, 2.24) is 25.0 Å². The van der Waals surface area contributed by atoms with E-state index < -0.39 is 0 Å². The van der Waals surface area contributed by atoms with E-state index in [2.05, 4.69) is 46.0 Å². The summed E-state index contributed by atoms with van der Waals surface area (Å²) in [4.78, 5) is 10.5. The van der Waals surface area contributed by atoms with Crippen LogP contribution in [0.25, 0.3) is 11.5 Å². The van der Waals surface area contributed by atoms with Gasteiger partial charge in [0.15, 0.2) is 0 Å². The largest absolute Gasteiger partial charge is 0.420 e. The lowest BCUT2D eigenvalue weighted by Crippen LogP contribution is -2.27. The van der Waals surface area contributed by atoms with E-state index in [0.717, 1.165) is 43.3 Å². The van der Waals surface area contributed by atoms with E-state index in [0.29, 0.717) is 11.8 Å². The van der Waals surface area contributed by atoms with Crippen molar-refractivity contribution in [1.29, 1.82) is 0 Å². The van der Waals surface area contributed by atoms with Crippen LogP contribution in [-0.2, 0) is 6.54 Å². The van der Waals surface area contributed by atoms with Crippen molar-refractivity contribution in [3.05, 3.63) is 52.3 Å². The SMILES string of the molecule is Cc1ncsc1CN1C[C@H](CN(C)C)[C@@H](c2nnc(-c3ccccc3)o2)C1. The predicted octanol–water partition coefficient (Wildman–Crippen LogP) is 3.28. The van der Waals surface area contributed by atoms with Crippen molar-refractivity contribution in [2.45, 2.75) is 19.4 Å². The lowest BCUT2D eigenvalue weighted by Gasteiger charge is -2.19. The Morgan fingerprint density at radius 3 is 2.70 bits per heavy atom. The van der Waals surface area contributed by atoms with Crippen LogP contribution in [-0.4, -0.2) is 58.7 Å². The highest BCUT2D eigenvalue weighted by molar-refractivity contribution is 7.09. The second-order valence-electron chi connectivity index (χ2n) is 7.50. The molecule has 0 aliphatic carbocycles. The average Bonchev–Trinajstić information content (AvgIpc) is 3.37. The zero-order valence-electron chi connectivity index (χ0n) is 16.0. The molecule has 0 radical (unpaired) electrons. The number of nitrogens with zero attached hydrogens (tertiary/aromatic N) is 5. The molecule has 142 valence electrons. The molecule has 0 N–H and O–H groups in total. The molecule has 0 amide bonds. The van der Waals surface area contributed by atoms with E-state index in [4.69, 9.17) is 4.42 Å². The Hall–Kier alpha value is -2.09. The zero-order valence-corrected chi connectivity index (χ0v) is 16.8. The fourth-order valence-corrected chi connectivity index (χ4v) is 4.60. The first kappa shape index (κ1) is 18.3. The van der Waals surface area contributed by atoms with Gasteiger partial charge in [0.05, 0.1) is 17.1 Å². The quantitative estimate of drug-likeness (QED) is 0.651. The van der Waals surface area contributed by atoms with Gasteiger partial charge in [0.1, 0.15) is 0 Å². The molecular weight excluding hydrogens is 358 g/mol. The van der Waals surface area contributed by atoms with Crippen LogP contribution in [0.3, 0.4) is 0 Å². The molecule has 0 saturated carbocycles. The third-order valence-electron chi connectivity index (χ3n) is 5.11. The number of hydrogen-bond donors (Lipinski definition) is 0. The molecule has 1 saturated heterocycles. The number of benzene rings is 1. The number of rotatable bonds is 6. The normalized spacial score (nSPS) is 20.6. The molecular formula is C20H25N5OS. The maximum atomic E-state index is 6.10. The van der Waals surface area contributed by atoms with Gasteiger partial charge in [0.2, 0.25) is 11.8 Å². The number of aryl methyl sites for hydroxylation is 1. The predicted molar refractivity (Wildman–Crippen MR) is 107 cm³/mol. The molecule has 4 rings (SSSR count). The first-order chi connectivity index (χ1) is 13.1. The van der Waals surface area contributed by atoms with Gasteiger partial charge >= 0.3 is 0 Å². The molecule has 1 aliphatic rings. The zero-order chi connectivity index (χ0) is 18.8. The lowest BCUT2D eigenvalue weighted by atomic mass is 9.95. The third-order valence-corrected chi connectivity index (χ3v) is 6.03. The summed E-state index contributed by atoms with van der Waals surface area (Å²) in [5, 5.41) is 8.71. The Labute approximate surface area is 163 Å².